The van der Waals surface area contributed by atoms with E-state index in [1.165, 1.54) is 6.08 Å². The van der Waals surface area contributed by atoms with Crippen molar-refractivity contribution in [2.45, 2.75) is 0 Å². The second-order valence-corrected chi connectivity index (χ2v) is 4.95. The van der Waals surface area contributed by atoms with Gasteiger partial charge in [0.15, 0.2) is 0 Å². The molecule has 3 rings (SSSR count). The number of benzene rings is 1. The summed E-state index contributed by atoms with van der Waals surface area (Å²) in [5, 5.41) is 2.92. The van der Waals surface area contributed by atoms with Gasteiger partial charge in [-0.3, -0.25) is 4.79 Å². The zero-order chi connectivity index (χ0) is 15.2. The van der Waals surface area contributed by atoms with Crippen molar-refractivity contribution in [2.75, 3.05) is 36.5 Å². The van der Waals surface area contributed by atoms with Crippen LogP contribution in [-0.2, 0) is 9.53 Å². The van der Waals surface area contributed by atoms with Gasteiger partial charge in [-0.05, 0) is 30.3 Å². The highest BCUT2D eigenvalue weighted by Gasteiger charge is 2.15. The largest absolute Gasteiger partial charge is 0.465 e. The Morgan fingerprint density at radius 3 is 2.73 bits per heavy atom. The molecule has 0 bridgehead atoms. The van der Waals surface area contributed by atoms with Gasteiger partial charge in [0, 0.05) is 19.2 Å². The monoisotopic (exact) mass is 298 g/mol. The standard InChI is InChI=1S/C17H18N2O3/c20-17(8-7-14-4-3-11-22-14)18-15-5-1-2-6-16(15)19-9-12-21-13-10-19/h1-8,11H,9-10,12-13H2,(H,18,20)/b8-7+. The maximum atomic E-state index is 12.1. The molecule has 2 aromatic rings. The van der Waals surface area contributed by atoms with Crippen LogP contribution >= 0.6 is 0 Å². The number of hydrogen-bond donors (Lipinski definition) is 1. The number of para-hydroxylation sites is 2. The summed E-state index contributed by atoms with van der Waals surface area (Å²) in [6.07, 6.45) is 4.69. The number of morpholine rings is 1. The molecule has 0 atom stereocenters. The Hall–Kier alpha value is -2.53. The molecule has 114 valence electrons. The molecule has 22 heavy (non-hydrogen) atoms. The Bertz CT molecular complexity index is 644. The molecule has 0 spiro atoms. The van der Waals surface area contributed by atoms with Crippen LogP contribution in [0.15, 0.2) is 53.2 Å². The van der Waals surface area contributed by atoms with Gasteiger partial charge in [0.1, 0.15) is 5.76 Å². The second kappa shape index (κ2) is 6.95. The fourth-order valence-corrected chi connectivity index (χ4v) is 2.38. The summed E-state index contributed by atoms with van der Waals surface area (Å²) >= 11 is 0. The van der Waals surface area contributed by atoms with Gasteiger partial charge in [0.25, 0.3) is 0 Å². The first-order valence-corrected chi connectivity index (χ1v) is 7.27. The molecule has 5 heteroatoms. The number of furan rings is 1. The van der Waals surface area contributed by atoms with Crippen LogP contribution in [0.1, 0.15) is 5.76 Å². The van der Waals surface area contributed by atoms with Crippen LogP contribution in [0.25, 0.3) is 6.08 Å². The summed E-state index contributed by atoms with van der Waals surface area (Å²) in [5.74, 6) is 0.466. The predicted octanol–water partition coefficient (Wildman–Crippen LogP) is 2.77. The van der Waals surface area contributed by atoms with E-state index in [2.05, 4.69) is 10.2 Å². The fourth-order valence-electron chi connectivity index (χ4n) is 2.38. The number of rotatable bonds is 4. The molecule has 0 aliphatic carbocycles. The lowest BCUT2D eigenvalue weighted by molar-refractivity contribution is -0.111. The summed E-state index contributed by atoms with van der Waals surface area (Å²) in [6, 6.07) is 11.4. The minimum absolute atomic E-state index is 0.183. The van der Waals surface area contributed by atoms with Crippen molar-refractivity contribution in [1.29, 1.82) is 0 Å². The molecule has 0 saturated carbocycles. The lowest BCUT2D eigenvalue weighted by atomic mass is 10.2. The molecule has 1 N–H and O–H groups in total. The van der Waals surface area contributed by atoms with Crippen molar-refractivity contribution in [3.63, 3.8) is 0 Å². The molecular formula is C17H18N2O3. The van der Waals surface area contributed by atoms with E-state index in [1.54, 1.807) is 24.5 Å². The Morgan fingerprint density at radius 1 is 1.14 bits per heavy atom. The zero-order valence-electron chi connectivity index (χ0n) is 12.2. The molecule has 0 radical (unpaired) electrons. The van der Waals surface area contributed by atoms with E-state index in [1.807, 2.05) is 24.3 Å². The Morgan fingerprint density at radius 2 is 1.95 bits per heavy atom. The van der Waals surface area contributed by atoms with Crippen LogP contribution in [0.4, 0.5) is 11.4 Å². The highest BCUT2D eigenvalue weighted by molar-refractivity contribution is 6.03. The number of nitrogens with zero attached hydrogens (tertiary/aromatic N) is 1. The van der Waals surface area contributed by atoms with E-state index in [-0.39, 0.29) is 5.91 Å². The first kappa shape index (κ1) is 14.4. The van der Waals surface area contributed by atoms with E-state index in [0.717, 1.165) is 24.5 Å². The van der Waals surface area contributed by atoms with Gasteiger partial charge >= 0.3 is 0 Å². The Labute approximate surface area is 129 Å². The van der Waals surface area contributed by atoms with Crippen LogP contribution < -0.4 is 10.2 Å². The molecule has 1 aliphatic heterocycles. The molecular weight excluding hydrogens is 280 g/mol. The van der Waals surface area contributed by atoms with Crippen LogP contribution in [0, 0.1) is 0 Å². The summed E-state index contributed by atoms with van der Waals surface area (Å²) in [6.45, 7) is 3.07. The van der Waals surface area contributed by atoms with Gasteiger partial charge < -0.3 is 19.4 Å². The summed E-state index contributed by atoms with van der Waals surface area (Å²) in [5.41, 5.74) is 1.82. The van der Waals surface area contributed by atoms with Crippen molar-refractivity contribution < 1.29 is 13.9 Å². The Kier molecular flexibility index (Phi) is 4.56. The van der Waals surface area contributed by atoms with Gasteiger partial charge in [-0.15, -0.1) is 0 Å². The molecule has 2 heterocycles. The van der Waals surface area contributed by atoms with Crippen molar-refractivity contribution in [2.24, 2.45) is 0 Å². The maximum absolute atomic E-state index is 12.1. The quantitative estimate of drug-likeness (QED) is 0.882. The highest BCUT2D eigenvalue weighted by Crippen LogP contribution is 2.26. The number of carbonyl (C=O) groups excluding carboxylic acids is 1. The molecule has 1 aromatic carbocycles. The third kappa shape index (κ3) is 3.56. The molecule has 0 unspecified atom stereocenters. The smallest absolute Gasteiger partial charge is 0.248 e. The molecule has 1 fully saturated rings. The van der Waals surface area contributed by atoms with Gasteiger partial charge in [0.2, 0.25) is 5.91 Å². The highest BCUT2D eigenvalue weighted by atomic mass is 16.5. The summed E-state index contributed by atoms with van der Waals surface area (Å²) in [7, 11) is 0. The van der Waals surface area contributed by atoms with Crippen molar-refractivity contribution in [3.8, 4) is 0 Å². The van der Waals surface area contributed by atoms with Gasteiger partial charge in [-0.25, -0.2) is 0 Å². The molecule has 1 aromatic heterocycles. The predicted molar refractivity (Wildman–Crippen MR) is 85.8 cm³/mol. The lowest BCUT2D eigenvalue weighted by Crippen LogP contribution is -2.36. The number of nitrogens with one attached hydrogen (secondary N) is 1. The van der Waals surface area contributed by atoms with Gasteiger partial charge in [-0.1, -0.05) is 12.1 Å². The average molecular weight is 298 g/mol. The fraction of sp³-hybridized carbons (Fsp3) is 0.235. The summed E-state index contributed by atoms with van der Waals surface area (Å²) in [4.78, 5) is 14.3. The number of amides is 1. The van der Waals surface area contributed by atoms with Crippen LogP contribution in [0.5, 0.6) is 0 Å². The number of anilines is 2. The van der Waals surface area contributed by atoms with E-state index in [9.17, 15) is 4.79 Å². The average Bonchev–Trinajstić information content (AvgIpc) is 3.08. The third-order valence-electron chi connectivity index (χ3n) is 3.46. The van der Waals surface area contributed by atoms with E-state index < -0.39 is 0 Å². The molecule has 1 saturated heterocycles. The molecule has 5 nitrogen and oxygen atoms in total. The van der Waals surface area contributed by atoms with E-state index >= 15 is 0 Å². The normalized spacial score (nSPS) is 15.2. The van der Waals surface area contributed by atoms with Gasteiger partial charge in [0.05, 0.1) is 30.9 Å². The first-order chi connectivity index (χ1) is 10.8. The van der Waals surface area contributed by atoms with E-state index in [0.29, 0.717) is 19.0 Å². The maximum Gasteiger partial charge on any atom is 0.248 e. The third-order valence-corrected chi connectivity index (χ3v) is 3.46. The number of hydrogen-bond acceptors (Lipinski definition) is 4. The van der Waals surface area contributed by atoms with Crippen LogP contribution in [-0.4, -0.2) is 32.2 Å². The van der Waals surface area contributed by atoms with Crippen LogP contribution in [0.2, 0.25) is 0 Å². The minimum atomic E-state index is -0.183. The van der Waals surface area contributed by atoms with Crippen molar-refractivity contribution in [3.05, 3.63) is 54.5 Å². The molecule has 1 aliphatic rings. The van der Waals surface area contributed by atoms with Crippen LogP contribution in [0.3, 0.4) is 0 Å². The number of ether oxygens (including phenoxy) is 1. The lowest BCUT2D eigenvalue weighted by Gasteiger charge is -2.30. The van der Waals surface area contributed by atoms with E-state index in [4.69, 9.17) is 9.15 Å². The van der Waals surface area contributed by atoms with Crippen molar-refractivity contribution >= 4 is 23.4 Å². The topological polar surface area (TPSA) is 54.7 Å². The summed E-state index contributed by atoms with van der Waals surface area (Å²) < 4.78 is 10.5. The first-order valence-electron chi connectivity index (χ1n) is 7.27. The molecule has 1 amide bonds. The minimum Gasteiger partial charge on any atom is -0.465 e. The SMILES string of the molecule is O=C(/C=C/c1ccco1)Nc1ccccc1N1CCOCC1. The zero-order valence-corrected chi connectivity index (χ0v) is 12.2. The number of carbonyl (C=O) groups is 1. The van der Waals surface area contributed by atoms with Gasteiger partial charge in [-0.2, -0.15) is 0 Å². The second-order valence-electron chi connectivity index (χ2n) is 4.95. The Balaban J connectivity index is 1.70. The van der Waals surface area contributed by atoms with Crippen molar-refractivity contribution in [1.82, 2.24) is 0 Å².